The van der Waals surface area contributed by atoms with Gasteiger partial charge in [0.25, 0.3) is 0 Å². The summed E-state index contributed by atoms with van der Waals surface area (Å²) in [6, 6.07) is 3.03. The monoisotopic (exact) mass is 295 g/mol. The predicted molar refractivity (Wildman–Crippen MR) is 82.1 cm³/mol. The van der Waals surface area contributed by atoms with Crippen LogP contribution in [0.1, 0.15) is 39.0 Å². The molecule has 1 aliphatic heterocycles. The zero-order chi connectivity index (χ0) is 15.3. The molecular weight excluding hydrogens is 266 g/mol. The van der Waals surface area contributed by atoms with E-state index in [0.29, 0.717) is 6.04 Å². The standard InChI is InChI=1S/C16H29N3O2/c1-16(12-17,18-13-6-7-13)8-4-5-9-19-10-14(20-2)15(11-19)21-3/h13-15,18H,4-11H2,1-3H3. The highest BCUT2D eigenvalue weighted by Gasteiger charge is 2.33. The second-order valence-corrected chi connectivity index (χ2v) is 6.63. The molecule has 5 nitrogen and oxygen atoms in total. The van der Waals surface area contributed by atoms with Crippen LogP contribution in [0.25, 0.3) is 0 Å². The highest BCUT2D eigenvalue weighted by atomic mass is 16.5. The highest BCUT2D eigenvalue weighted by Crippen LogP contribution is 2.25. The number of rotatable bonds is 9. The number of nitrogens with zero attached hydrogens (tertiary/aromatic N) is 2. The van der Waals surface area contributed by atoms with E-state index in [1.54, 1.807) is 14.2 Å². The van der Waals surface area contributed by atoms with Crippen LogP contribution in [0, 0.1) is 11.3 Å². The van der Waals surface area contributed by atoms with Gasteiger partial charge in [-0.2, -0.15) is 5.26 Å². The quantitative estimate of drug-likeness (QED) is 0.654. The molecule has 1 heterocycles. The number of nitriles is 1. The first-order chi connectivity index (χ1) is 10.1. The van der Waals surface area contributed by atoms with Gasteiger partial charge in [-0.25, -0.2) is 0 Å². The lowest BCUT2D eigenvalue weighted by Gasteiger charge is -2.23. The number of methoxy groups -OCH3 is 2. The average Bonchev–Trinajstić information content (AvgIpc) is 3.20. The number of likely N-dealkylation sites (tertiary alicyclic amines) is 1. The molecule has 0 aromatic rings. The molecule has 2 rings (SSSR count). The van der Waals surface area contributed by atoms with Crippen LogP contribution in [0.5, 0.6) is 0 Å². The Labute approximate surface area is 128 Å². The SMILES string of the molecule is COC1CN(CCCCC(C)(C#N)NC2CC2)CC1OC. The molecule has 1 N–H and O–H groups in total. The minimum atomic E-state index is -0.351. The summed E-state index contributed by atoms with van der Waals surface area (Å²) in [5.74, 6) is 0. The zero-order valence-corrected chi connectivity index (χ0v) is 13.6. The molecule has 0 aromatic heterocycles. The van der Waals surface area contributed by atoms with E-state index < -0.39 is 0 Å². The summed E-state index contributed by atoms with van der Waals surface area (Å²) in [5.41, 5.74) is -0.351. The van der Waals surface area contributed by atoms with E-state index in [0.717, 1.165) is 38.9 Å². The Balaban J connectivity index is 1.64. The Hall–Kier alpha value is -0.670. The van der Waals surface area contributed by atoms with Crippen molar-refractivity contribution in [1.82, 2.24) is 10.2 Å². The fourth-order valence-corrected chi connectivity index (χ4v) is 3.11. The first-order valence-corrected chi connectivity index (χ1v) is 8.07. The second-order valence-electron chi connectivity index (χ2n) is 6.63. The van der Waals surface area contributed by atoms with E-state index in [2.05, 4.69) is 16.3 Å². The summed E-state index contributed by atoms with van der Waals surface area (Å²) in [7, 11) is 3.50. The van der Waals surface area contributed by atoms with Crippen molar-refractivity contribution in [3.63, 3.8) is 0 Å². The summed E-state index contributed by atoms with van der Waals surface area (Å²) >= 11 is 0. The molecule has 0 radical (unpaired) electrons. The van der Waals surface area contributed by atoms with E-state index in [1.165, 1.54) is 12.8 Å². The van der Waals surface area contributed by atoms with Gasteiger partial charge in [0, 0.05) is 33.4 Å². The third kappa shape index (κ3) is 4.93. The lowest BCUT2D eigenvalue weighted by atomic mass is 9.96. The van der Waals surface area contributed by atoms with Gasteiger partial charge in [-0.05, 0) is 45.6 Å². The molecule has 3 atom stereocenters. The van der Waals surface area contributed by atoms with Crippen LogP contribution in [0.3, 0.4) is 0 Å². The lowest BCUT2D eigenvalue weighted by Crippen LogP contribution is -2.42. The van der Waals surface area contributed by atoms with Crippen molar-refractivity contribution < 1.29 is 9.47 Å². The normalized spacial score (nSPS) is 29.2. The number of unbranched alkanes of at least 4 members (excludes halogenated alkanes) is 1. The summed E-state index contributed by atoms with van der Waals surface area (Å²) in [5, 5.41) is 12.8. The van der Waals surface area contributed by atoms with Crippen LogP contribution in [0.2, 0.25) is 0 Å². The van der Waals surface area contributed by atoms with Crippen molar-refractivity contribution in [3.05, 3.63) is 0 Å². The van der Waals surface area contributed by atoms with Gasteiger partial charge < -0.3 is 9.47 Å². The highest BCUT2D eigenvalue weighted by molar-refractivity contribution is 5.06. The van der Waals surface area contributed by atoms with Crippen molar-refractivity contribution in [1.29, 1.82) is 5.26 Å². The molecular formula is C16H29N3O2. The molecule has 0 spiro atoms. The molecule has 5 heteroatoms. The minimum absolute atomic E-state index is 0.191. The van der Waals surface area contributed by atoms with Crippen LogP contribution < -0.4 is 5.32 Å². The topological polar surface area (TPSA) is 57.5 Å². The summed E-state index contributed by atoms with van der Waals surface area (Å²) < 4.78 is 10.9. The van der Waals surface area contributed by atoms with Crippen LogP contribution in [0.15, 0.2) is 0 Å². The van der Waals surface area contributed by atoms with Gasteiger partial charge in [0.05, 0.1) is 18.3 Å². The Morgan fingerprint density at radius 3 is 2.29 bits per heavy atom. The maximum absolute atomic E-state index is 9.35. The van der Waals surface area contributed by atoms with E-state index >= 15 is 0 Å². The smallest absolute Gasteiger partial charge is 0.104 e. The second kappa shape index (κ2) is 7.55. The fourth-order valence-electron chi connectivity index (χ4n) is 3.11. The first kappa shape index (κ1) is 16.7. The molecule has 0 amide bonds. The molecule has 1 saturated carbocycles. The van der Waals surface area contributed by atoms with E-state index in [9.17, 15) is 5.26 Å². The average molecular weight is 295 g/mol. The molecule has 0 bridgehead atoms. The number of nitrogens with one attached hydrogen (secondary N) is 1. The van der Waals surface area contributed by atoms with Crippen LogP contribution in [-0.2, 0) is 9.47 Å². The summed E-state index contributed by atoms with van der Waals surface area (Å²) in [6.45, 7) is 4.99. The number of ether oxygens (including phenoxy) is 2. The molecule has 120 valence electrons. The molecule has 2 aliphatic rings. The van der Waals surface area contributed by atoms with Crippen LogP contribution in [0.4, 0.5) is 0 Å². The van der Waals surface area contributed by atoms with Gasteiger partial charge in [-0.1, -0.05) is 0 Å². The summed E-state index contributed by atoms with van der Waals surface area (Å²) in [4.78, 5) is 2.40. The zero-order valence-electron chi connectivity index (χ0n) is 13.6. The predicted octanol–water partition coefficient (Wildman–Crippen LogP) is 1.54. The lowest BCUT2D eigenvalue weighted by molar-refractivity contribution is -0.00461. The third-order valence-corrected chi connectivity index (χ3v) is 4.64. The maximum atomic E-state index is 9.35. The Morgan fingerprint density at radius 1 is 1.19 bits per heavy atom. The van der Waals surface area contributed by atoms with Gasteiger partial charge >= 0.3 is 0 Å². The molecule has 21 heavy (non-hydrogen) atoms. The van der Waals surface area contributed by atoms with Crippen LogP contribution >= 0.6 is 0 Å². The Kier molecular flexibility index (Phi) is 6.00. The molecule has 2 fully saturated rings. The van der Waals surface area contributed by atoms with Crippen molar-refractivity contribution in [2.45, 2.75) is 62.8 Å². The molecule has 0 aromatic carbocycles. The first-order valence-electron chi connectivity index (χ1n) is 8.07. The van der Waals surface area contributed by atoms with Gasteiger partial charge in [0.2, 0.25) is 0 Å². The van der Waals surface area contributed by atoms with Gasteiger partial charge in [0.15, 0.2) is 0 Å². The molecule has 1 saturated heterocycles. The fraction of sp³-hybridized carbons (Fsp3) is 0.938. The number of hydrogen-bond acceptors (Lipinski definition) is 5. The van der Waals surface area contributed by atoms with Crippen molar-refractivity contribution >= 4 is 0 Å². The Morgan fingerprint density at radius 2 is 1.81 bits per heavy atom. The van der Waals surface area contributed by atoms with Crippen molar-refractivity contribution in [3.8, 4) is 6.07 Å². The third-order valence-electron chi connectivity index (χ3n) is 4.64. The van der Waals surface area contributed by atoms with Crippen molar-refractivity contribution in [2.24, 2.45) is 0 Å². The van der Waals surface area contributed by atoms with Crippen LogP contribution in [-0.4, -0.2) is 62.5 Å². The largest absolute Gasteiger partial charge is 0.377 e. The van der Waals surface area contributed by atoms with E-state index in [4.69, 9.17) is 9.47 Å². The molecule has 1 aliphatic carbocycles. The minimum Gasteiger partial charge on any atom is -0.377 e. The Bertz CT molecular complexity index is 355. The maximum Gasteiger partial charge on any atom is 0.104 e. The van der Waals surface area contributed by atoms with E-state index in [1.807, 2.05) is 6.92 Å². The van der Waals surface area contributed by atoms with E-state index in [-0.39, 0.29) is 17.7 Å². The summed E-state index contributed by atoms with van der Waals surface area (Å²) in [6.07, 6.45) is 5.96. The van der Waals surface area contributed by atoms with Gasteiger partial charge in [-0.3, -0.25) is 10.2 Å². The van der Waals surface area contributed by atoms with Gasteiger partial charge in [0.1, 0.15) is 5.54 Å². The van der Waals surface area contributed by atoms with Crippen molar-refractivity contribution in [2.75, 3.05) is 33.9 Å². The number of hydrogen-bond donors (Lipinski definition) is 1. The molecule has 3 unspecified atom stereocenters. The van der Waals surface area contributed by atoms with Gasteiger partial charge in [-0.15, -0.1) is 0 Å².